The summed E-state index contributed by atoms with van der Waals surface area (Å²) < 4.78 is 16.0. The highest BCUT2D eigenvalue weighted by Crippen LogP contribution is 2.32. The highest BCUT2D eigenvalue weighted by molar-refractivity contribution is 9.10. The van der Waals surface area contributed by atoms with Gasteiger partial charge in [0.25, 0.3) is 0 Å². The van der Waals surface area contributed by atoms with Crippen molar-refractivity contribution in [3.05, 3.63) is 82.4 Å². The van der Waals surface area contributed by atoms with Crippen LogP contribution in [0.25, 0.3) is 5.70 Å². The Bertz CT molecular complexity index is 868. The standard InChI is InChI=1S/C17H12BrFN4/c18-13-5-1-11(2-6-13)15-9-16(12-3-7-14(19)8-4-12)23-17(22-15)20-10-21-23/h1-10,15H,(H,20,21,22). The van der Waals surface area contributed by atoms with Crippen molar-refractivity contribution < 1.29 is 4.39 Å². The van der Waals surface area contributed by atoms with Crippen LogP contribution in [0.2, 0.25) is 0 Å². The van der Waals surface area contributed by atoms with Crippen LogP contribution >= 0.6 is 15.9 Å². The third-order valence-corrected chi connectivity index (χ3v) is 4.28. The van der Waals surface area contributed by atoms with Gasteiger partial charge < -0.3 is 5.32 Å². The minimum absolute atomic E-state index is 0.0279. The molecular formula is C17H12BrFN4. The van der Waals surface area contributed by atoms with Crippen molar-refractivity contribution in [3.63, 3.8) is 0 Å². The van der Waals surface area contributed by atoms with Gasteiger partial charge in [-0.3, -0.25) is 0 Å². The molecule has 4 rings (SSSR count). The van der Waals surface area contributed by atoms with E-state index in [2.05, 4.69) is 37.4 Å². The average Bonchev–Trinajstić information content (AvgIpc) is 3.04. The molecule has 2 aromatic carbocycles. The number of hydrogen-bond donors (Lipinski definition) is 1. The van der Waals surface area contributed by atoms with Crippen LogP contribution in [0.15, 0.2) is 65.4 Å². The normalized spacial score (nSPS) is 16.4. The van der Waals surface area contributed by atoms with Gasteiger partial charge in [-0.1, -0.05) is 28.1 Å². The summed E-state index contributed by atoms with van der Waals surface area (Å²) in [6.07, 6.45) is 3.57. The molecule has 1 aliphatic heterocycles. The van der Waals surface area contributed by atoms with E-state index in [0.717, 1.165) is 21.3 Å². The molecule has 0 fully saturated rings. The van der Waals surface area contributed by atoms with Gasteiger partial charge in [0.05, 0.1) is 11.7 Å². The summed E-state index contributed by atoms with van der Waals surface area (Å²) in [5.74, 6) is 0.409. The summed E-state index contributed by atoms with van der Waals surface area (Å²) in [5, 5.41) is 7.60. The molecule has 2 heterocycles. The van der Waals surface area contributed by atoms with E-state index in [-0.39, 0.29) is 11.9 Å². The van der Waals surface area contributed by atoms with E-state index in [0.29, 0.717) is 5.95 Å². The summed E-state index contributed by atoms with van der Waals surface area (Å²) in [5.41, 5.74) is 2.88. The molecule has 0 aliphatic carbocycles. The smallest absolute Gasteiger partial charge is 0.226 e. The van der Waals surface area contributed by atoms with Crippen LogP contribution < -0.4 is 5.32 Å². The lowest BCUT2D eigenvalue weighted by Gasteiger charge is -2.24. The number of rotatable bonds is 2. The molecular weight excluding hydrogens is 359 g/mol. The largest absolute Gasteiger partial charge is 0.344 e. The molecule has 6 heteroatoms. The molecule has 0 amide bonds. The van der Waals surface area contributed by atoms with Crippen LogP contribution in [0, 0.1) is 5.82 Å². The van der Waals surface area contributed by atoms with Crippen molar-refractivity contribution in [3.8, 4) is 0 Å². The fourth-order valence-electron chi connectivity index (χ4n) is 2.61. The molecule has 114 valence electrons. The Balaban J connectivity index is 1.80. The molecule has 1 aliphatic rings. The van der Waals surface area contributed by atoms with Gasteiger partial charge in [-0.05, 0) is 48.0 Å². The number of benzene rings is 2. The number of nitrogens with one attached hydrogen (secondary N) is 1. The molecule has 3 aromatic rings. The van der Waals surface area contributed by atoms with Gasteiger partial charge >= 0.3 is 0 Å². The van der Waals surface area contributed by atoms with Gasteiger partial charge in [0.2, 0.25) is 5.95 Å². The highest BCUT2D eigenvalue weighted by atomic mass is 79.9. The minimum Gasteiger partial charge on any atom is -0.344 e. The third kappa shape index (κ3) is 2.66. The number of halogens is 2. The van der Waals surface area contributed by atoms with Gasteiger partial charge in [0, 0.05) is 10.0 Å². The summed E-state index contributed by atoms with van der Waals surface area (Å²) in [6, 6.07) is 14.5. The molecule has 23 heavy (non-hydrogen) atoms. The van der Waals surface area contributed by atoms with Crippen molar-refractivity contribution in [2.24, 2.45) is 0 Å². The van der Waals surface area contributed by atoms with Gasteiger partial charge in [0.1, 0.15) is 12.1 Å². The first-order valence-corrected chi connectivity index (χ1v) is 7.90. The van der Waals surface area contributed by atoms with Crippen LogP contribution in [0.4, 0.5) is 10.3 Å². The molecule has 0 bridgehead atoms. The first-order valence-electron chi connectivity index (χ1n) is 7.11. The summed E-state index contributed by atoms with van der Waals surface area (Å²) in [6.45, 7) is 0. The van der Waals surface area contributed by atoms with Gasteiger partial charge in [0.15, 0.2) is 0 Å². The zero-order valence-corrected chi connectivity index (χ0v) is 13.5. The van der Waals surface area contributed by atoms with E-state index in [9.17, 15) is 4.39 Å². The van der Waals surface area contributed by atoms with Gasteiger partial charge in [-0.25, -0.2) is 4.39 Å². The fourth-order valence-corrected chi connectivity index (χ4v) is 2.88. The van der Waals surface area contributed by atoms with E-state index >= 15 is 0 Å². The molecule has 0 spiro atoms. The first kappa shape index (κ1) is 14.1. The molecule has 0 radical (unpaired) electrons. The molecule has 0 saturated carbocycles. The van der Waals surface area contributed by atoms with E-state index in [4.69, 9.17) is 0 Å². The van der Waals surface area contributed by atoms with Crippen molar-refractivity contribution in [2.75, 3.05) is 5.32 Å². The van der Waals surface area contributed by atoms with Crippen LogP contribution in [0.3, 0.4) is 0 Å². The Morgan fingerprint density at radius 1 is 1.04 bits per heavy atom. The average molecular weight is 371 g/mol. The predicted octanol–water partition coefficient (Wildman–Crippen LogP) is 4.24. The highest BCUT2D eigenvalue weighted by Gasteiger charge is 2.22. The van der Waals surface area contributed by atoms with E-state index in [1.54, 1.807) is 16.8 Å². The second kappa shape index (κ2) is 5.62. The molecule has 0 saturated heterocycles. The summed E-state index contributed by atoms with van der Waals surface area (Å²) in [4.78, 5) is 4.26. The lowest BCUT2D eigenvalue weighted by molar-refractivity contribution is 0.627. The van der Waals surface area contributed by atoms with Gasteiger partial charge in [-0.2, -0.15) is 14.8 Å². The summed E-state index contributed by atoms with van der Waals surface area (Å²) in [7, 11) is 0. The third-order valence-electron chi connectivity index (χ3n) is 3.75. The number of nitrogens with zero attached hydrogens (tertiary/aromatic N) is 3. The molecule has 1 atom stereocenters. The summed E-state index contributed by atoms with van der Waals surface area (Å²) >= 11 is 3.45. The molecule has 4 nitrogen and oxygen atoms in total. The topological polar surface area (TPSA) is 42.7 Å². The Labute approximate surface area is 140 Å². The number of aromatic nitrogens is 3. The van der Waals surface area contributed by atoms with E-state index < -0.39 is 0 Å². The first-order chi connectivity index (χ1) is 11.2. The van der Waals surface area contributed by atoms with Crippen molar-refractivity contribution in [1.82, 2.24) is 14.8 Å². The van der Waals surface area contributed by atoms with Crippen molar-refractivity contribution in [2.45, 2.75) is 6.04 Å². The number of hydrogen-bond acceptors (Lipinski definition) is 3. The minimum atomic E-state index is -0.258. The Morgan fingerprint density at radius 2 is 1.78 bits per heavy atom. The second-order valence-electron chi connectivity index (χ2n) is 5.23. The number of anilines is 1. The molecule has 1 unspecified atom stereocenters. The van der Waals surface area contributed by atoms with Crippen LogP contribution in [0.1, 0.15) is 17.2 Å². The van der Waals surface area contributed by atoms with Crippen molar-refractivity contribution in [1.29, 1.82) is 0 Å². The molecule has 1 aromatic heterocycles. The Morgan fingerprint density at radius 3 is 2.52 bits per heavy atom. The predicted molar refractivity (Wildman–Crippen MR) is 90.3 cm³/mol. The zero-order valence-electron chi connectivity index (χ0n) is 11.9. The second-order valence-corrected chi connectivity index (χ2v) is 6.14. The maximum Gasteiger partial charge on any atom is 0.226 e. The van der Waals surface area contributed by atoms with Crippen molar-refractivity contribution >= 4 is 27.6 Å². The van der Waals surface area contributed by atoms with Crippen LogP contribution in [0.5, 0.6) is 0 Å². The zero-order chi connectivity index (χ0) is 15.8. The quantitative estimate of drug-likeness (QED) is 0.733. The van der Waals surface area contributed by atoms with Gasteiger partial charge in [-0.15, -0.1) is 0 Å². The van der Waals surface area contributed by atoms with E-state index in [1.165, 1.54) is 18.5 Å². The Kier molecular flexibility index (Phi) is 3.46. The lowest BCUT2D eigenvalue weighted by Crippen LogP contribution is -2.20. The van der Waals surface area contributed by atoms with E-state index in [1.807, 2.05) is 24.3 Å². The maximum atomic E-state index is 13.2. The van der Waals surface area contributed by atoms with Crippen LogP contribution in [-0.4, -0.2) is 14.8 Å². The maximum absolute atomic E-state index is 13.2. The van der Waals surface area contributed by atoms with Crippen LogP contribution in [-0.2, 0) is 0 Å². The lowest BCUT2D eigenvalue weighted by atomic mass is 10.0. The SMILES string of the molecule is Fc1ccc(C2=CC(c3ccc(Br)cc3)Nc3ncnn32)cc1. The monoisotopic (exact) mass is 370 g/mol. The Hall–Kier alpha value is -2.47. The molecule has 1 N–H and O–H groups in total. The fraction of sp³-hybridized carbons (Fsp3) is 0.0588. The number of fused-ring (bicyclic) bond motifs is 1.